The van der Waals surface area contributed by atoms with Gasteiger partial charge >= 0.3 is 0 Å². The highest BCUT2D eigenvalue weighted by Gasteiger charge is 2.36. The van der Waals surface area contributed by atoms with Crippen LogP contribution >= 0.6 is 0 Å². The number of para-hydroxylation sites is 1. The highest BCUT2D eigenvalue weighted by atomic mass is 19.2. The summed E-state index contributed by atoms with van der Waals surface area (Å²) in [6, 6.07) is 12.0. The first-order valence-corrected chi connectivity index (χ1v) is 11.8. The molecule has 3 heterocycles. The predicted octanol–water partition coefficient (Wildman–Crippen LogP) is 4.63. The number of pyridine rings is 1. The molecule has 1 saturated carbocycles. The van der Waals surface area contributed by atoms with Gasteiger partial charge in [0.1, 0.15) is 0 Å². The average Bonchev–Trinajstić information content (AvgIpc) is 3.44. The van der Waals surface area contributed by atoms with Crippen LogP contribution in [0.15, 0.2) is 42.5 Å². The number of aliphatic hydroxyl groups is 1. The van der Waals surface area contributed by atoms with Crippen LogP contribution in [0.4, 0.5) is 8.78 Å². The standard InChI is InChI=1S/C27H25F2N3O2/c28-19-9-8-15(12-20(19)29)13-22-26-25(16-4-1-2-6-21(16)31-26)17-10-11-32(14-23(17)30-22)27(34)18-5-3-7-24(18)33/h1-2,4,6,8-9,12,18,24,31,33H,3,5,7,10-11,13-14H2. The summed E-state index contributed by atoms with van der Waals surface area (Å²) in [5.41, 5.74) is 5.22. The predicted molar refractivity (Wildman–Crippen MR) is 125 cm³/mol. The maximum Gasteiger partial charge on any atom is 0.228 e. The van der Waals surface area contributed by atoms with Crippen LogP contribution < -0.4 is 0 Å². The van der Waals surface area contributed by atoms with Crippen LogP contribution in [-0.4, -0.2) is 38.5 Å². The first-order chi connectivity index (χ1) is 16.5. The molecule has 2 N–H and O–H groups in total. The number of H-pyrrole nitrogens is 1. The van der Waals surface area contributed by atoms with E-state index < -0.39 is 17.7 Å². The topological polar surface area (TPSA) is 69.2 Å². The zero-order valence-corrected chi connectivity index (χ0v) is 18.7. The minimum Gasteiger partial charge on any atom is -0.392 e. The Morgan fingerprint density at radius 3 is 2.79 bits per heavy atom. The molecule has 2 aliphatic rings. The zero-order chi connectivity index (χ0) is 23.4. The lowest BCUT2D eigenvalue weighted by atomic mass is 9.95. The normalized spacial score (nSPS) is 20.3. The monoisotopic (exact) mass is 461 g/mol. The summed E-state index contributed by atoms with van der Waals surface area (Å²) in [4.78, 5) is 23.4. The van der Waals surface area contributed by atoms with Gasteiger partial charge in [0.05, 0.1) is 35.5 Å². The fourth-order valence-electron chi connectivity index (χ4n) is 5.63. The number of nitrogens with zero attached hydrogens (tertiary/aromatic N) is 2. The van der Waals surface area contributed by atoms with Crippen LogP contribution in [0.3, 0.4) is 0 Å². The summed E-state index contributed by atoms with van der Waals surface area (Å²) in [7, 11) is 0. The van der Waals surface area contributed by atoms with Crippen molar-refractivity contribution in [2.45, 2.75) is 44.8 Å². The van der Waals surface area contributed by atoms with Crippen molar-refractivity contribution >= 4 is 27.7 Å². The molecule has 34 heavy (non-hydrogen) atoms. The average molecular weight is 462 g/mol. The van der Waals surface area contributed by atoms with Gasteiger partial charge in [0, 0.05) is 29.3 Å². The van der Waals surface area contributed by atoms with Gasteiger partial charge < -0.3 is 15.0 Å². The van der Waals surface area contributed by atoms with Gasteiger partial charge in [-0.25, -0.2) is 8.78 Å². The molecule has 4 aromatic rings. The minimum atomic E-state index is -0.879. The highest BCUT2D eigenvalue weighted by molar-refractivity contribution is 6.10. The van der Waals surface area contributed by atoms with Gasteiger partial charge in [0.15, 0.2) is 11.6 Å². The number of benzene rings is 2. The van der Waals surface area contributed by atoms with E-state index in [0.29, 0.717) is 37.9 Å². The van der Waals surface area contributed by atoms with Crippen molar-refractivity contribution < 1.29 is 18.7 Å². The second kappa shape index (κ2) is 8.17. The molecular weight excluding hydrogens is 436 g/mol. The third-order valence-electron chi connectivity index (χ3n) is 7.35. The van der Waals surface area contributed by atoms with E-state index >= 15 is 0 Å². The van der Waals surface area contributed by atoms with Crippen molar-refractivity contribution in [3.63, 3.8) is 0 Å². The summed E-state index contributed by atoms with van der Waals surface area (Å²) in [6.45, 7) is 0.978. The number of halogens is 2. The van der Waals surface area contributed by atoms with Gasteiger partial charge in [0.2, 0.25) is 5.91 Å². The number of aliphatic hydroxyl groups excluding tert-OH is 1. The number of hydrogen-bond acceptors (Lipinski definition) is 3. The third-order valence-corrected chi connectivity index (χ3v) is 7.35. The van der Waals surface area contributed by atoms with Crippen LogP contribution in [0.2, 0.25) is 0 Å². The van der Waals surface area contributed by atoms with Crippen LogP contribution in [-0.2, 0) is 24.2 Å². The van der Waals surface area contributed by atoms with E-state index in [-0.39, 0.29) is 11.8 Å². The third kappa shape index (κ3) is 3.46. The van der Waals surface area contributed by atoms with Gasteiger partial charge in [-0.15, -0.1) is 0 Å². The molecule has 2 atom stereocenters. The van der Waals surface area contributed by atoms with Crippen molar-refractivity contribution in [2.75, 3.05) is 6.54 Å². The van der Waals surface area contributed by atoms with Crippen LogP contribution in [0.25, 0.3) is 21.8 Å². The van der Waals surface area contributed by atoms with E-state index in [2.05, 4.69) is 11.1 Å². The van der Waals surface area contributed by atoms with E-state index in [9.17, 15) is 18.7 Å². The molecule has 0 spiro atoms. The maximum atomic E-state index is 13.9. The summed E-state index contributed by atoms with van der Waals surface area (Å²) in [5.74, 6) is -2.09. The fraction of sp³-hybridized carbons (Fsp3) is 0.333. The van der Waals surface area contributed by atoms with Crippen molar-refractivity contribution in [3.8, 4) is 0 Å². The summed E-state index contributed by atoms with van der Waals surface area (Å²) < 4.78 is 27.4. The molecule has 2 unspecified atom stereocenters. The smallest absolute Gasteiger partial charge is 0.228 e. The van der Waals surface area contributed by atoms with E-state index in [1.165, 1.54) is 6.07 Å². The molecule has 7 heteroatoms. The SMILES string of the molecule is O=C(C1CCCC1O)N1CCc2c(nc(Cc3ccc(F)c(F)c3)c3[nH]c4ccccc4c23)C1. The Balaban J connectivity index is 1.45. The lowest BCUT2D eigenvalue weighted by Crippen LogP contribution is -2.42. The molecule has 5 nitrogen and oxygen atoms in total. The Kier molecular flexibility index (Phi) is 5.10. The molecule has 174 valence electrons. The lowest BCUT2D eigenvalue weighted by molar-refractivity contribution is -0.139. The van der Waals surface area contributed by atoms with E-state index in [0.717, 1.165) is 57.7 Å². The number of amides is 1. The highest BCUT2D eigenvalue weighted by Crippen LogP contribution is 2.36. The molecule has 0 saturated heterocycles. The van der Waals surface area contributed by atoms with Crippen LogP contribution in [0.5, 0.6) is 0 Å². The number of hydrogen-bond donors (Lipinski definition) is 2. The van der Waals surface area contributed by atoms with E-state index in [1.807, 2.05) is 23.1 Å². The Bertz CT molecular complexity index is 1430. The van der Waals surface area contributed by atoms with Gasteiger partial charge in [-0.05, 0) is 55.0 Å². The van der Waals surface area contributed by atoms with Crippen molar-refractivity contribution in [1.29, 1.82) is 0 Å². The second-order valence-electron chi connectivity index (χ2n) is 9.44. The van der Waals surface area contributed by atoms with Crippen molar-refractivity contribution in [2.24, 2.45) is 5.92 Å². The Labute approximate surface area is 195 Å². The van der Waals surface area contributed by atoms with Crippen molar-refractivity contribution in [1.82, 2.24) is 14.9 Å². The molecule has 2 aromatic carbocycles. The molecule has 0 radical (unpaired) electrons. The largest absolute Gasteiger partial charge is 0.392 e. The number of rotatable bonds is 3. The maximum absolute atomic E-state index is 13.9. The number of carbonyl (C=O) groups is 1. The quantitative estimate of drug-likeness (QED) is 0.467. The van der Waals surface area contributed by atoms with Crippen molar-refractivity contribution in [3.05, 3.63) is 76.6 Å². The number of aromatic nitrogens is 2. The second-order valence-corrected chi connectivity index (χ2v) is 9.44. The minimum absolute atomic E-state index is 0.00127. The number of fused-ring (bicyclic) bond motifs is 5. The number of aromatic amines is 1. The molecule has 6 rings (SSSR count). The Hall–Kier alpha value is -3.32. The lowest BCUT2D eigenvalue weighted by Gasteiger charge is -2.32. The molecular formula is C27H25F2N3O2. The van der Waals surface area contributed by atoms with Gasteiger partial charge in [0.25, 0.3) is 0 Å². The summed E-state index contributed by atoms with van der Waals surface area (Å²) in [5, 5.41) is 12.4. The van der Waals surface area contributed by atoms with Gasteiger partial charge in [-0.1, -0.05) is 24.3 Å². The first kappa shape index (κ1) is 21.2. The van der Waals surface area contributed by atoms with E-state index in [4.69, 9.17) is 4.98 Å². The van der Waals surface area contributed by atoms with Crippen LogP contribution in [0.1, 0.15) is 41.8 Å². The molecule has 1 aliphatic heterocycles. The fourth-order valence-corrected chi connectivity index (χ4v) is 5.63. The van der Waals surface area contributed by atoms with Gasteiger partial charge in [-0.3, -0.25) is 9.78 Å². The summed E-state index contributed by atoms with van der Waals surface area (Å²) >= 11 is 0. The molecule has 1 aliphatic carbocycles. The van der Waals surface area contributed by atoms with Crippen LogP contribution in [0, 0.1) is 17.6 Å². The zero-order valence-electron chi connectivity index (χ0n) is 18.7. The van der Waals surface area contributed by atoms with E-state index in [1.54, 1.807) is 6.07 Å². The summed E-state index contributed by atoms with van der Waals surface area (Å²) in [6.07, 6.45) is 2.72. The Morgan fingerprint density at radius 2 is 2.00 bits per heavy atom. The molecule has 0 bridgehead atoms. The molecule has 1 fully saturated rings. The molecule has 2 aromatic heterocycles. The number of carbonyl (C=O) groups excluding carboxylic acids is 1. The first-order valence-electron chi connectivity index (χ1n) is 11.8. The Morgan fingerprint density at radius 1 is 1.15 bits per heavy atom. The number of nitrogens with one attached hydrogen (secondary N) is 1. The van der Waals surface area contributed by atoms with Gasteiger partial charge in [-0.2, -0.15) is 0 Å². The molecule has 1 amide bonds.